The molecule has 0 aliphatic rings. The average Bonchev–Trinajstić information content (AvgIpc) is 1.81. The van der Waals surface area contributed by atoms with Crippen molar-refractivity contribution in [3.8, 4) is 0 Å². The fourth-order valence-electron chi connectivity index (χ4n) is 0.715. The maximum absolute atomic E-state index is 3.66. The topological polar surface area (TPSA) is 0 Å². The molecule has 0 amide bonds. The molecule has 0 heterocycles. The standard InChI is InChI=1S/C8H16.H2/c1-3-5-7-8-6-4-2;/h3H,1,4-8H2,2H3;1H. The van der Waals surface area contributed by atoms with E-state index in [0.29, 0.717) is 0 Å². The van der Waals surface area contributed by atoms with Gasteiger partial charge in [0.2, 0.25) is 0 Å². The van der Waals surface area contributed by atoms with E-state index >= 15 is 0 Å². The third-order valence-electron chi connectivity index (χ3n) is 1.26. The highest BCUT2D eigenvalue weighted by Gasteiger charge is 1.81. The molecule has 0 aromatic heterocycles. The van der Waals surface area contributed by atoms with E-state index < -0.39 is 0 Å². The highest BCUT2D eigenvalue weighted by molar-refractivity contribution is 4.64. The van der Waals surface area contributed by atoms with Crippen molar-refractivity contribution in [2.45, 2.75) is 39.0 Å². The molecule has 0 aromatic rings. The number of allylic oxidation sites excluding steroid dienone is 1. The van der Waals surface area contributed by atoms with Gasteiger partial charge in [0.25, 0.3) is 0 Å². The fraction of sp³-hybridized carbons (Fsp3) is 0.750. The first-order valence-corrected chi connectivity index (χ1v) is 3.52. The molecule has 0 aliphatic carbocycles. The molecule has 0 aliphatic heterocycles. The van der Waals surface area contributed by atoms with Crippen LogP contribution in [0, 0.1) is 0 Å². The molecule has 0 unspecified atom stereocenters. The summed E-state index contributed by atoms with van der Waals surface area (Å²) in [5.41, 5.74) is 0. The zero-order valence-electron chi connectivity index (χ0n) is 5.82. The second-order valence-corrected chi connectivity index (χ2v) is 2.14. The molecule has 0 spiro atoms. The van der Waals surface area contributed by atoms with Crippen LogP contribution in [-0.2, 0) is 0 Å². The van der Waals surface area contributed by atoms with Crippen LogP contribution >= 0.6 is 0 Å². The van der Waals surface area contributed by atoms with Gasteiger partial charge in [0.1, 0.15) is 0 Å². The summed E-state index contributed by atoms with van der Waals surface area (Å²) < 4.78 is 0. The Hall–Kier alpha value is -0.260. The van der Waals surface area contributed by atoms with Gasteiger partial charge in [-0.15, -0.1) is 6.58 Å². The monoisotopic (exact) mass is 114 g/mol. The summed E-state index contributed by atoms with van der Waals surface area (Å²) in [5, 5.41) is 0. The summed E-state index contributed by atoms with van der Waals surface area (Å²) in [6.07, 6.45) is 8.61. The Labute approximate surface area is 54.1 Å². The van der Waals surface area contributed by atoms with Crippen LogP contribution in [-0.4, -0.2) is 0 Å². The van der Waals surface area contributed by atoms with Gasteiger partial charge in [0.05, 0.1) is 0 Å². The van der Waals surface area contributed by atoms with E-state index in [9.17, 15) is 0 Å². The molecular weight excluding hydrogens is 96.1 g/mol. The molecule has 0 atom stereocenters. The fourth-order valence-corrected chi connectivity index (χ4v) is 0.715. The van der Waals surface area contributed by atoms with Crippen molar-refractivity contribution in [2.75, 3.05) is 0 Å². The molecule has 0 fully saturated rings. The number of hydrogen-bond donors (Lipinski definition) is 0. The summed E-state index contributed by atoms with van der Waals surface area (Å²) in [7, 11) is 0. The van der Waals surface area contributed by atoms with Gasteiger partial charge in [-0.25, -0.2) is 0 Å². The van der Waals surface area contributed by atoms with E-state index in [1.54, 1.807) is 0 Å². The lowest BCUT2D eigenvalue weighted by atomic mass is 10.2. The normalized spacial score (nSPS) is 9.12. The van der Waals surface area contributed by atoms with Gasteiger partial charge in [-0.05, 0) is 12.8 Å². The lowest BCUT2D eigenvalue weighted by Crippen LogP contribution is -1.71. The molecule has 0 nitrogen and oxygen atoms in total. The maximum atomic E-state index is 3.66. The van der Waals surface area contributed by atoms with E-state index in [2.05, 4.69) is 13.5 Å². The minimum absolute atomic E-state index is 0. The molecule has 0 heteroatoms. The van der Waals surface area contributed by atoms with Gasteiger partial charge < -0.3 is 0 Å². The first kappa shape index (κ1) is 7.74. The Morgan fingerprint density at radius 2 is 2.12 bits per heavy atom. The SMILES string of the molecule is C=CCCCCCC.[HH]. The van der Waals surface area contributed by atoms with Gasteiger partial charge in [0.15, 0.2) is 0 Å². The number of rotatable bonds is 5. The summed E-state index contributed by atoms with van der Waals surface area (Å²) in [6, 6.07) is 0. The second-order valence-electron chi connectivity index (χ2n) is 2.14. The predicted molar refractivity (Wildman–Crippen MR) is 41.1 cm³/mol. The Kier molecular flexibility index (Phi) is 6.52. The van der Waals surface area contributed by atoms with Crippen molar-refractivity contribution in [3.05, 3.63) is 12.7 Å². The van der Waals surface area contributed by atoms with E-state index in [0.717, 1.165) is 0 Å². The third-order valence-corrected chi connectivity index (χ3v) is 1.26. The molecule has 8 heavy (non-hydrogen) atoms. The molecule has 0 rings (SSSR count). The van der Waals surface area contributed by atoms with Crippen LogP contribution in [0.25, 0.3) is 0 Å². The highest BCUT2D eigenvalue weighted by atomic mass is 13.9. The maximum Gasteiger partial charge on any atom is 0 e. The van der Waals surface area contributed by atoms with Crippen LogP contribution in [0.1, 0.15) is 40.5 Å². The smallest absolute Gasteiger partial charge is 0 e. The highest BCUT2D eigenvalue weighted by Crippen LogP contribution is 2.01. The Morgan fingerprint density at radius 3 is 2.62 bits per heavy atom. The van der Waals surface area contributed by atoms with Crippen molar-refractivity contribution in [1.82, 2.24) is 0 Å². The second kappa shape index (κ2) is 6.74. The average molecular weight is 114 g/mol. The van der Waals surface area contributed by atoms with Crippen LogP contribution in [0.3, 0.4) is 0 Å². The quantitative estimate of drug-likeness (QED) is 0.379. The summed E-state index contributed by atoms with van der Waals surface area (Å²) in [6.45, 7) is 5.89. The summed E-state index contributed by atoms with van der Waals surface area (Å²) in [5.74, 6) is 0. The molecule has 0 aromatic carbocycles. The lowest BCUT2D eigenvalue weighted by Gasteiger charge is -1.91. The van der Waals surface area contributed by atoms with E-state index in [-0.39, 0.29) is 1.43 Å². The zero-order chi connectivity index (χ0) is 6.24. The van der Waals surface area contributed by atoms with Gasteiger partial charge in [-0.3, -0.25) is 0 Å². The van der Waals surface area contributed by atoms with Crippen molar-refractivity contribution in [3.63, 3.8) is 0 Å². The van der Waals surface area contributed by atoms with Gasteiger partial charge in [-0.1, -0.05) is 32.3 Å². The largest absolute Gasteiger partial charge is 0.103 e. The lowest BCUT2D eigenvalue weighted by molar-refractivity contribution is 0.675. The zero-order valence-corrected chi connectivity index (χ0v) is 5.82. The van der Waals surface area contributed by atoms with E-state index in [4.69, 9.17) is 0 Å². The van der Waals surface area contributed by atoms with Gasteiger partial charge in [-0.2, -0.15) is 0 Å². The molecule has 0 N–H and O–H groups in total. The van der Waals surface area contributed by atoms with Crippen molar-refractivity contribution in [2.24, 2.45) is 0 Å². The van der Waals surface area contributed by atoms with Gasteiger partial charge in [0, 0.05) is 1.43 Å². The van der Waals surface area contributed by atoms with Crippen molar-refractivity contribution in [1.29, 1.82) is 0 Å². The van der Waals surface area contributed by atoms with Crippen LogP contribution < -0.4 is 0 Å². The van der Waals surface area contributed by atoms with Crippen LogP contribution in [0.2, 0.25) is 0 Å². The Bertz CT molecular complexity index is 50.5. The molecule has 0 saturated carbocycles. The number of hydrogen-bond acceptors (Lipinski definition) is 0. The van der Waals surface area contributed by atoms with Crippen molar-refractivity contribution < 1.29 is 1.43 Å². The van der Waals surface area contributed by atoms with E-state index in [1.165, 1.54) is 32.1 Å². The molecule has 0 radical (unpaired) electrons. The Balaban J connectivity index is 0. The minimum atomic E-state index is 0. The summed E-state index contributed by atoms with van der Waals surface area (Å²) in [4.78, 5) is 0. The number of unbranched alkanes of at least 4 members (excludes halogenated alkanes) is 4. The predicted octanol–water partition coefficient (Wildman–Crippen LogP) is 3.39. The van der Waals surface area contributed by atoms with Crippen LogP contribution in [0.4, 0.5) is 0 Å². The van der Waals surface area contributed by atoms with Gasteiger partial charge >= 0.3 is 0 Å². The molecular formula is C8H18. The first-order valence-electron chi connectivity index (χ1n) is 3.52. The van der Waals surface area contributed by atoms with Crippen LogP contribution in [0.15, 0.2) is 12.7 Å². The minimum Gasteiger partial charge on any atom is -0.103 e. The molecule has 0 saturated heterocycles. The third kappa shape index (κ3) is 5.74. The Morgan fingerprint density at radius 1 is 1.38 bits per heavy atom. The van der Waals surface area contributed by atoms with Crippen LogP contribution in [0.5, 0.6) is 0 Å². The summed E-state index contributed by atoms with van der Waals surface area (Å²) >= 11 is 0. The molecule has 50 valence electrons. The van der Waals surface area contributed by atoms with E-state index in [1.807, 2.05) is 6.08 Å². The molecule has 0 bridgehead atoms. The van der Waals surface area contributed by atoms with Crippen molar-refractivity contribution >= 4 is 0 Å². The first-order chi connectivity index (χ1) is 3.91.